The molecule has 0 aliphatic rings. The summed E-state index contributed by atoms with van der Waals surface area (Å²) in [4.78, 5) is 12.6. The molecule has 2 aromatic rings. The summed E-state index contributed by atoms with van der Waals surface area (Å²) in [5, 5.41) is 13.3. The number of aryl methyl sites for hydroxylation is 1. The fourth-order valence-corrected chi connectivity index (χ4v) is 3.02. The molecular weight excluding hydrogens is 290 g/mol. The molecule has 0 aliphatic carbocycles. The van der Waals surface area contributed by atoms with Gasteiger partial charge in [-0.2, -0.15) is 0 Å². The lowest BCUT2D eigenvalue weighted by Gasteiger charge is -2.16. The molecule has 1 heterocycles. The smallest absolute Gasteiger partial charge is 0.282 e. The number of unbranched alkanes of at least 4 members (excludes halogenated alkanes) is 2. The van der Waals surface area contributed by atoms with Crippen LogP contribution in [-0.2, 0) is 7.05 Å². The Morgan fingerprint density at radius 2 is 2.00 bits per heavy atom. The third-order valence-corrected chi connectivity index (χ3v) is 4.10. The third kappa shape index (κ3) is 3.74. The Kier molecular flexibility index (Phi) is 5.80. The fraction of sp³-hybridized carbons (Fsp3) is 0.500. The van der Waals surface area contributed by atoms with Crippen molar-refractivity contribution in [2.45, 2.75) is 38.7 Å². The number of aliphatic hydroxyl groups excluding tert-OH is 1. The summed E-state index contributed by atoms with van der Waals surface area (Å²) in [6.45, 7) is 2.14. The van der Waals surface area contributed by atoms with Crippen LogP contribution in [0, 0.1) is 0 Å². The second-order valence-electron chi connectivity index (χ2n) is 6.19. The summed E-state index contributed by atoms with van der Waals surface area (Å²) in [7, 11) is 5.42. The van der Waals surface area contributed by atoms with Crippen LogP contribution in [-0.4, -0.2) is 34.7 Å². The Morgan fingerprint density at radius 3 is 2.65 bits per heavy atom. The summed E-state index contributed by atoms with van der Waals surface area (Å²) in [5.41, 5.74) is 5.01. The summed E-state index contributed by atoms with van der Waals surface area (Å²) in [6.07, 6.45) is 3.19. The van der Waals surface area contributed by atoms with Crippen LogP contribution in [0.25, 0.3) is 10.9 Å². The quantitative estimate of drug-likeness (QED) is 0.610. The minimum absolute atomic E-state index is 0.196. The molecule has 1 aromatic carbocycles. The highest BCUT2D eigenvalue weighted by Crippen LogP contribution is 2.33. The van der Waals surface area contributed by atoms with Gasteiger partial charge in [-0.1, -0.05) is 44.4 Å². The molecule has 0 saturated heterocycles. The Labute approximate surface area is 137 Å². The van der Waals surface area contributed by atoms with Gasteiger partial charge in [0.25, 0.3) is 5.91 Å². The Balaban J connectivity index is 2.48. The van der Waals surface area contributed by atoms with Crippen molar-refractivity contribution in [2.24, 2.45) is 7.05 Å². The molecule has 2 N–H and O–H groups in total. The lowest BCUT2D eigenvalue weighted by atomic mass is 9.99. The van der Waals surface area contributed by atoms with Gasteiger partial charge in [-0.05, 0) is 12.5 Å². The minimum atomic E-state index is -0.629. The standard InChI is InChI=1S/C18H27N3O2/c1-5-6-7-12-15(22)16-13-10-8-9-11-14(13)21(4)17(16)18(23)19-20(2)3/h8-11,15,22H,5-7,12H2,1-4H3,(H,19,23). The maximum atomic E-state index is 12.6. The molecule has 1 aromatic heterocycles. The molecule has 0 saturated carbocycles. The van der Waals surface area contributed by atoms with Gasteiger partial charge in [-0.25, -0.2) is 5.01 Å². The van der Waals surface area contributed by atoms with E-state index in [1.165, 1.54) is 0 Å². The zero-order valence-corrected chi connectivity index (χ0v) is 14.5. The highest BCUT2D eigenvalue weighted by Gasteiger charge is 2.25. The van der Waals surface area contributed by atoms with Crippen molar-refractivity contribution in [3.05, 3.63) is 35.5 Å². The predicted molar refractivity (Wildman–Crippen MR) is 93.2 cm³/mol. The van der Waals surface area contributed by atoms with E-state index in [4.69, 9.17) is 0 Å². The maximum absolute atomic E-state index is 12.6. The number of carbonyl (C=O) groups is 1. The average Bonchev–Trinajstić information content (AvgIpc) is 2.80. The number of hydrazine groups is 1. The first-order chi connectivity index (χ1) is 11.0. The van der Waals surface area contributed by atoms with Crippen molar-refractivity contribution in [3.8, 4) is 0 Å². The molecule has 0 spiro atoms. The number of hydrogen-bond acceptors (Lipinski definition) is 3. The van der Waals surface area contributed by atoms with Crippen molar-refractivity contribution in [1.82, 2.24) is 15.0 Å². The van der Waals surface area contributed by atoms with Crippen LogP contribution < -0.4 is 5.43 Å². The van der Waals surface area contributed by atoms with Gasteiger partial charge in [0.05, 0.1) is 6.10 Å². The number of amides is 1. The molecule has 23 heavy (non-hydrogen) atoms. The van der Waals surface area contributed by atoms with Gasteiger partial charge in [0.1, 0.15) is 5.69 Å². The van der Waals surface area contributed by atoms with Crippen LogP contribution in [0.5, 0.6) is 0 Å². The average molecular weight is 317 g/mol. The number of hydrogen-bond donors (Lipinski definition) is 2. The number of nitrogens with one attached hydrogen (secondary N) is 1. The zero-order valence-electron chi connectivity index (χ0n) is 14.5. The summed E-state index contributed by atoms with van der Waals surface area (Å²) >= 11 is 0. The van der Waals surface area contributed by atoms with Crippen LogP contribution in [0.1, 0.15) is 54.8 Å². The van der Waals surface area contributed by atoms with Gasteiger partial charge >= 0.3 is 0 Å². The molecule has 1 amide bonds. The number of aliphatic hydroxyl groups is 1. The SMILES string of the molecule is CCCCCC(O)c1c(C(=O)NN(C)C)n(C)c2ccccc12. The van der Waals surface area contributed by atoms with Gasteiger partial charge in [-0.3, -0.25) is 10.2 Å². The topological polar surface area (TPSA) is 57.5 Å². The first-order valence-corrected chi connectivity index (χ1v) is 8.21. The molecule has 0 fully saturated rings. The second kappa shape index (κ2) is 7.62. The van der Waals surface area contributed by atoms with Crippen LogP contribution in [0.2, 0.25) is 0 Å². The third-order valence-electron chi connectivity index (χ3n) is 4.10. The van der Waals surface area contributed by atoms with E-state index in [0.29, 0.717) is 12.1 Å². The van der Waals surface area contributed by atoms with E-state index in [-0.39, 0.29) is 5.91 Å². The monoisotopic (exact) mass is 317 g/mol. The molecule has 5 nitrogen and oxygen atoms in total. The largest absolute Gasteiger partial charge is 0.388 e. The number of para-hydroxylation sites is 1. The summed E-state index contributed by atoms with van der Waals surface area (Å²) < 4.78 is 1.87. The number of fused-ring (bicyclic) bond motifs is 1. The summed E-state index contributed by atoms with van der Waals surface area (Å²) in [6, 6.07) is 7.84. The van der Waals surface area contributed by atoms with Gasteiger partial charge in [0.15, 0.2) is 0 Å². The molecule has 1 atom stereocenters. The number of rotatable bonds is 7. The summed E-state index contributed by atoms with van der Waals surface area (Å²) in [5.74, 6) is -0.196. The van der Waals surface area contributed by atoms with Crippen LogP contribution in [0.15, 0.2) is 24.3 Å². The van der Waals surface area contributed by atoms with Crippen molar-refractivity contribution >= 4 is 16.8 Å². The van der Waals surface area contributed by atoms with Crippen molar-refractivity contribution in [2.75, 3.05) is 14.1 Å². The van der Waals surface area contributed by atoms with Crippen LogP contribution >= 0.6 is 0 Å². The normalized spacial score (nSPS) is 12.8. The molecule has 0 aliphatic heterocycles. The van der Waals surface area contributed by atoms with E-state index in [0.717, 1.165) is 35.7 Å². The second-order valence-corrected chi connectivity index (χ2v) is 6.19. The maximum Gasteiger partial charge on any atom is 0.282 e. The van der Waals surface area contributed by atoms with Crippen LogP contribution in [0.3, 0.4) is 0 Å². The molecular formula is C18H27N3O2. The zero-order chi connectivity index (χ0) is 17.0. The van der Waals surface area contributed by atoms with E-state index < -0.39 is 6.10 Å². The fourth-order valence-electron chi connectivity index (χ4n) is 3.02. The highest BCUT2D eigenvalue weighted by atomic mass is 16.3. The van der Waals surface area contributed by atoms with E-state index in [1.54, 1.807) is 19.1 Å². The molecule has 126 valence electrons. The van der Waals surface area contributed by atoms with E-state index >= 15 is 0 Å². The van der Waals surface area contributed by atoms with E-state index in [1.807, 2.05) is 35.9 Å². The molecule has 0 bridgehead atoms. The van der Waals surface area contributed by atoms with Crippen molar-refractivity contribution in [1.29, 1.82) is 0 Å². The minimum Gasteiger partial charge on any atom is -0.388 e. The Morgan fingerprint density at radius 1 is 1.30 bits per heavy atom. The van der Waals surface area contributed by atoms with Crippen molar-refractivity contribution < 1.29 is 9.90 Å². The van der Waals surface area contributed by atoms with Gasteiger partial charge in [-0.15, -0.1) is 0 Å². The number of nitrogens with zero attached hydrogens (tertiary/aromatic N) is 2. The van der Waals surface area contributed by atoms with Gasteiger partial charge in [0.2, 0.25) is 0 Å². The Bertz CT molecular complexity index is 676. The predicted octanol–water partition coefficient (Wildman–Crippen LogP) is 3.00. The lowest BCUT2D eigenvalue weighted by Crippen LogP contribution is -2.37. The molecule has 0 radical (unpaired) electrons. The van der Waals surface area contributed by atoms with E-state index in [2.05, 4.69) is 12.3 Å². The van der Waals surface area contributed by atoms with Crippen LogP contribution in [0.4, 0.5) is 0 Å². The molecule has 1 unspecified atom stereocenters. The first-order valence-electron chi connectivity index (χ1n) is 8.21. The first kappa shape index (κ1) is 17.5. The number of aromatic nitrogens is 1. The highest BCUT2D eigenvalue weighted by molar-refractivity contribution is 6.01. The lowest BCUT2D eigenvalue weighted by molar-refractivity contribution is 0.0839. The van der Waals surface area contributed by atoms with E-state index in [9.17, 15) is 9.90 Å². The van der Waals surface area contributed by atoms with Crippen molar-refractivity contribution in [3.63, 3.8) is 0 Å². The van der Waals surface area contributed by atoms with Gasteiger partial charge in [0, 0.05) is 37.6 Å². The molecule has 5 heteroatoms. The van der Waals surface area contributed by atoms with Gasteiger partial charge < -0.3 is 9.67 Å². The number of carbonyl (C=O) groups excluding carboxylic acids is 1. The Hall–Kier alpha value is -1.85. The number of benzene rings is 1. The molecule has 2 rings (SSSR count).